The standard InChI is InChI=1S/C14H12F3N5O2/c1-2-5-18-12(23)11-20-13-19-8(9-4-3-6-24-9)7-10(14(15,16)17)22(13)21-11/h3-4,6-7H,2,5H2,1H3,(H,18,23). The maximum absolute atomic E-state index is 13.3. The average Bonchev–Trinajstić information content (AvgIpc) is 3.19. The van der Waals surface area contributed by atoms with Crippen molar-refractivity contribution in [3.63, 3.8) is 0 Å². The highest BCUT2D eigenvalue weighted by molar-refractivity contribution is 5.90. The van der Waals surface area contributed by atoms with Gasteiger partial charge in [0, 0.05) is 6.54 Å². The van der Waals surface area contributed by atoms with Gasteiger partial charge in [0.15, 0.2) is 11.5 Å². The van der Waals surface area contributed by atoms with Crippen LogP contribution in [0.3, 0.4) is 0 Å². The molecule has 3 aromatic heterocycles. The van der Waals surface area contributed by atoms with E-state index in [1.54, 1.807) is 0 Å². The van der Waals surface area contributed by atoms with Crippen LogP contribution >= 0.6 is 0 Å². The number of alkyl halides is 3. The van der Waals surface area contributed by atoms with Gasteiger partial charge in [0.1, 0.15) is 5.69 Å². The Balaban J connectivity index is 2.14. The molecule has 0 atom stereocenters. The number of aromatic nitrogens is 4. The maximum Gasteiger partial charge on any atom is 0.433 e. The molecule has 0 aliphatic carbocycles. The number of hydrogen-bond donors (Lipinski definition) is 1. The molecular formula is C14H12F3N5O2. The zero-order chi connectivity index (χ0) is 17.3. The number of rotatable bonds is 4. The number of hydrogen-bond acceptors (Lipinski definition) is 5. The van der Waals surface area contributed by atoms with Crippen LogP contribution in [0.25, 0.3) is 17.2 Å². The van der Waals surface area contributed by atoms with Crippen LogP contribution in [0.1, 0.15) is 29.7 Å². The van der Waals surface area contributed by atoms with E-state index in [-0.39, 0.29) is 23.1 Å². The highest BCUT2D eigenvalue weighted by Gasteiger charge is 2.36. The first-order valence-corrected chi connectivity index (χ1v) is 7.07. The summed E-state index contributed by atoms with van der Waals surface area (Å²) < 4.78 is 45.5. The van der Waals surface area contributed by atoms with Crippen molar-refractivity contribution in [2.24, 2.45) is 0 Å². The van der Waals surface area contributed by atoms with Crippen molar-refractivity contribution in [1.29, 1.82) is 0 Å². The number of carbonyl (C=O) groups is 1. The number of fused-ring (bicyclic) bond motifs is 1. The predicted molar refractivity (Wildman–Crippen MR) is 76.1 cm³/mol. The Labute approximate surface area is 133 Å². The minimum atomic E-state index is -4.70. The molecule has 1 N–H and O–H groups in total. The summed E-state index contributed by atoms with van der Waals surface area (Å²) in [5.41, 5.74) is -1.14. The van der Waals surface area contributed by atoms with Gasteiger partial charge in [-0.3, -0.25) is 4.79 Å². The van der Waals surface area contributed by atoms with E-state index in [1.807, 2.05) is 6.92 Å². The van der Waals surface area contributed by atoms with E-state index >= 15 is 0 Å². The summed E-state index contributed by atoms with van der Waals surface area (Å²) in [6.45, 7) is 2.21. The van der Waals surface area contributed by atoms with Crippen molar-refractivity contribution in [3.05, 3.63) is 36.0 Å². The van der Waals surface area contributed by atoms with Crippen LogP contribution in [0, 0.1) is 0 Å². The number of nitrogens with zero attached hydrogens (tertiary/aromatic N) is 4. The van der Waals surface area contributed by atoms with Gasteiger partial charge in [-0.15, -0.1) is 5.10 Å². The van der Waals surface area contributed by atoms with Crippen LogP contribution in [-0.2, 0) is 6.18 Å². The summed E-state index contributed by atoms with van der Waals surface area (Å²) in [6.07, 6.45) is -2.71. The van der Waals surface area contributed by atoms with Crippen LogP contribution in [0.2, 0.25) is 0 Å². The first-order valence-electron chi connectivity index (χ1n) is 7.07. The molecule has 3 aromatic rings. The highest BCUT2D eigenvalue weighted by atomic mass is 19.4. The molecule has 1 amide bonds. The molecule has 0 fully saturated rings. The molecule has 10 heteroatoms. The first-order chi connectivity index (χ1) is 11.4. The minimum Gasteiger partial charge on any atom is -0.463 e. The molecule has 24 heavy (non-hydrogen) atoms. The van der Waals surface area contributed by atoms with Gasteiger partial charge < -0.3 is 9.73 Å². The molecule has 3 rings (SSSR count). The lowest BCUT2D eigenvalue weighted by Crippen LogP contribution is -2.25. The number of halogens is 3. The van der Waals surface area contributed by atoms with Crippen LogP contribution in [0.4, 0.5) is 13.2 Å². The lowest BCUT2D eigenvalue weighted by Gasteiger charge is -2.09. The second-order valence-corrected chi connectivity index (χ2v) is 4.90. The van der Waals surface area contributed by atoms with Crippen molar-refractivity contribution >= 4 is 11.7 Å². The van der Waals surface area contributed by atoms with E-state index in [0.29, 0.717) is 17.5 Å². The van der Waals surface area contributed by atoms with E-state index in [0.717, 1.165) is 6.07 Å². The normalized spacial score (nSPS) is 11.8. The quantitative estimate of drug-likeness (QED) is 0.789. The molecule has 0 aliphatic rings. The molecule has 0 radical (unpaired) electrons. The molecule has 0 bridgehead atoms. The van der Waals surface area contributed by atoms with E-state index in [1.165, 1.54) is 18.4 Å². The third kappa shape index (κ3) is 2.94. The van der Waals surface area contributed by atoms with Crippen LogP contribution in [0.5, 0.6) is 0 Å². The summed E-state index contributed by atoms with van der Waals surface area (Å²) in [5.74, 6) is -1.21. The SMILES string of the molecule is CCCNC(=O)c1nc2nc(-c3ccco3)cc(C(F)(F)F)n2n1. The van der Waals surface area contributed by atoms with Crippen molar-refractivity contribution < 1.29 is 22.4 Å². The van der Waals surface area contributed by atoms with Gasteiger partial charge in [0.2, 0.25) is 5.82 Å². The Morgan fingerprint density at radius 1 is 1.38 bits per heavy atom. The summed E-state index contributed by atoms with van der Waals surface area (Å²) in [4.78, 5) is 19.7. The second kappa shape index (κ2) is 5.95. The zero-order valence-corrected chi connectivity index (χ0v) is 12.5. The molecule has 126 valence electrons. The first kappa shape index (κ1) is 16.0. The number of amides is 1. The average molecular weight is 339 g/mol. The van der Waals surface area contributed by atoms with Crippen molar-refractivity contribution in [3.8, 4) is 11.5 Å². The van der Waals surface area contributed by atoms with Crippen LogP contribution < -0.4 is 5.32 Å². The molecule has 0 unspecified atom stereocenters. The topological polar surface area (TPSA) is 85.3 Å². The lowest BCUT2D eigenvalue weighted by molar-refractivity contribution is -0.142. The second-order valence-electron chi connectivity index (χ2n) is 4.90. The Morgan fingerprint density at radius 3 is 2.79 bits per heavy atom. The van der Waals surface area contributed by atoms with Crippen molar-refractivity contribution in [1.82, 2.24) is 24.9 Å². The molecule has 7 nitrogen and oxygen atoms in total. The molecular weight excluding hydrogens is 327 g/mol. The molecule has 0 spiro atoms. The summed E-state index contributed by atoms with van der Waals surface area (Å²) in [6, 6.07) is 3.81. The molecule has 0 aromatic carbocycles. The lowest BCUT2D eigenvalue weighted by atomic mass is 10.2. The third-order valence-electron chi connectivity index (χ3n) is 3.11. The minimum absolute atomic E-state index is 0.0484. The third-order valence-corrected chi connectivity index (χ3v) is 3.11. The van der Waals surface area contributed by atoms with Gasteiger partial charge in [-0.1, -0.05) is 6.92 Å². The van der Waals surface area contributed by atoms with Gasteiger partial charge >= 0.3 is 6.18 Å². The number of furan rings is 1. The molecule has 0 aliphatic heterocycles. The number of carbonyl (C=O) groups excluding carboxylic acids is 1. The van der Waals surface area contributed by atoms with Gasteiger partial charge in [-0.2, -0.15) is 22.7 Å². The Kier molecular flexibility index (Phi) is 3.96. The Morgan fingerprint density at radius 2 is 2.17 bits per heavy atom. The summed E-state index contributed by atoms with van der Waals surface area (Å²) >= 11 is 0. The van der Waals surface area contributed by atoms with Gasteiger partial charge in [0.05, 0.1) is 6.26 Å². The highest BCUT2D eigenvalue weighted by Crippen LogP contribution is 2.31. The largest absolute Gasteiger partial charge is 0.463 e. The summed E-state index contributed by atoms with van der Waals surface area (Å²) in [7, 11) is 0. The fraction of sp³-hybridized carbons (Fsp3) is 0.286. The molecule has 3 heterocycles. The fourth-order valence-corrected chi connectivity index (χ4v) is 2.03. The van der Waals surface area contributed by atoms with Gasteiger partial charge in [0.25, 0.3) is 11.7 Å². The van der Waals surface area contributed by atoms with Crippen molar-refractivity contribution in [2.45, 2.75) is 19.5 Å². The summed E-state index contributed by atoms with van der Waals surface area (Å²) in [5, 5.41) is 6.14. The maximum atomic E-state index is 13.3. The zero-order valence-electron chi connectivity index (χ0n) is 12.5. The van der Waals surface area contributed by atoms with Crippen LogP contribution in [-0.4, -0.2) is 32.0 Å². The smallest absolute Gasteiger partial charge is 0.433 e. The van der Waals surface area contributed by atoms with Crippen LogP contribution in [0.15, 0.2) is 28.9 Å². The fourth-order valence-electron chi connectivity index (χ4n) is 2.03. The number of nitrogens with one attached hydrogen (secondary N) is 1. The molecule has 0 saturated heterocycles. The predicted octanol–water partition coefficient (Wildman–Crippen LogP) is 2.54. The van der Waals surface area contributed by atoms with Gasteiger partial charge in [-0.05, 0) is 24.6 Å². The Hall–Kier alpha value is -2.91. The van der Waals surface area contributed by atoms with E-state index in [4.69, 9.17) is 4.42 Å². The molecule has 0 saturated carbocycles. The van der Waals surface area contributed by atoms with Gasteiger partial charge in [-0.25, -0.2) is 4.98 Å². The van der Waals surface area contributed by atoms with E-state index in [2.05, 4.69) is 20.4 Å². The van der Waals surface area contributed by atoms with E-state index in [9.17, 15) is 18.0 Å². The Bertz CT molecular complexity index is 871. The van der Waals surface area contributed by atoms with Crippen molar-refractivity contribution in [2.75, 3.05) is 6.54 Å². The monoisotopic (exact) mass is 339 g/mol. The van der Waals surface area contributed by atoms with E-state index < -0.39 is 17.8 Å².